The fourth-order valence-corrected chi connectivity index (χ4v) is 4.80. The first-order valence-electron chi connectivity index (χ1n) is 12.5. The van der Waals surface area contributed by atoms with Gasteiger partial charge in [-0.25, -0.2) is 18.7 Å². The van der Waals surface area contributed by atoms with Gasteiger partial charge in [0.1, 0.15) is 11.6 Å². The minimum atomic E-state index is -0.505. The molecule has 3 N–H and O–H groups in total. The Morgan fingerprint density at radius 3 is 2.54 bits per heavy atom. The minimum Gasteiger partial charge on any atom is -0.349 e. The molecule has 2 fully saturated rings. The number of anilines is 2. The summed E-state index contributed by atoms with van der Waals surface area (Å²) in [6.45, 7) is 6.16. The minimum absolute atomic E-state index is 0.00872. The molecule has 3 aromatic rings. The van der Waals surface area contributed by atoms with Gasteiger partial charge in [0, 0.05) is 62.5 Å². The van der Waals surface area contributed by atoms with Crippen molar-refractivity contribution in [3.05, 3.63) is 59.2 Å². The van der Waals surface area contributed by atoms with E-state index in [1.807, 2.05) is 23.6 Å². The summed E-state index contributed by atoms with van der Waals surface area (Å²) >= 11 is 0. The van der Waals surface area contributed by atoms with Crippen molar-refractivity contribution in [3.63, 3.8) is 0 Å². The molecular weight excluding hydrogens is 482 g/mol. The summed E-state index contributed by atoms with van der Waals surface area (Å²) in [5.41, 5.74) is 6.83. The molecule has 37 heavy (non-hydrogen) atoms. The number of nitrogens with zero attached hydrogens (tertiary/aromatic N) is 6. The number of carbonyl (C=O) groups excluding carboxylic acids is 1. The summed E-state index contributed by atoms with van der Waals surface area (Å²) in [4.78, 5) is 29.7. The van der Waals surface area contributed by atoms with E-state index in [0.29, 0.717) is 49.5 Å². The van der Waals surface area contributed by atoms with Gasteiger partial charge >= 0.3 is 6.01 Å². The maximum atomic E-state index is 14.3. The second kappa shape index (κ2) is 10.4. The van der Waals surface area contributed by atoms with E-state index in [9.17, 15) is 13.6 Å². The predicted octanol–water partition coefficient (Wildman–Crippen LogP) is 2.59. The number of benzene rings is 1. The maximum Gasteiger partial charge on any atom is 0.324 e. The Bertz CT molecular complexity index is 1240. The highest BCUT2D eigenvalue weighted by Gasteiger charge is 2.34. The van der Waals surface area contributed by atoms with Crippen molar-refractivity contribution in [3.8, 4) is 0 Å². The Labute approximate surface area is 213 Å². The second-order valence-electron chi connectivity index (χ2n) is 9.94. The van der Waals surface area contributed by atoms with Crippen LogP contribution in [0.4, 0.5) is 20.7 Å². The van der Waals surface area contributed by atoms with Gasteiger partial charge in [-0.1, -0.05) is 19.0 Å². The molecule has 10 nitrogen and oxygen atoms in total. The number of nitrogens with two attached hydrogens (primary N) is 1. The quantitative estimate of drug-likeness (QED) is 0.512. The zero-order valence-electron chi connectivity index (χ0n) is 20.8. The lowest BCUT2D eigenvalue weighted by Crippen LogP contribution is -2.44. The first-order chi connectivity index (χ1) is 17.8. The molecule has 1 amide bonds. The molecule has 2 aliphatic heterocycles. The zero-order valence-corrected chi connectivity index (χ0v) is 20.8. The van der Waals surface area contributed by atoms with Crippen LogP contribution in [0, 0.1) is 11.6 Å². The SMILES string of the molecule is CC(C)c1noc(N2CCC(NC(=O)c3cnc(N4C[C@H](c5cc(F)ccc5F)[C@@H](N)C4)nc3)CC2)n1. The van der Waals surface area contributed by atoms with Crippen molar-refractivity contribution in [2.45, 2.75) is 50.6 Å². The van der Waals surface area contributed by atoms with E-state index in [-0.39, 0.29) is 23.4 Å². The monoisotopic (exact) mass is 512 g/mol. The number of hydrogen-bond acceptors (Lipinski definition) is 9. The van der Waals surface area contributed by atoms with Gasteiger partial charge in [0.25, 0.3) is 5.91 Å². The van der Waals surface area contributed by atoms with E-state index < -0.39 is 23.6 Å². The molecule has 0 unspecified atom stereocenters. The van der Waals surface area contributed by atoms with E-state index in [2.05, 4.69) is 25.4 Å². The molecule has 2 saturated heterocycles. The highest BCUT2D eigenvalue weighted by atomic mass is 19.1. The molecule has 2 aliphatic rings. The third-order valence-corrected chi connectivity index (χ3v) is 6.95. The molecule has 1 aromatic carbocycles. The van der Waals surface area contributed by atoms with Crippen molar-refractivity contribution in [1.29, 1.82) is 0 Å². The van der Waals surface area contributed by atoms with Gasteiger partial charge in [0.15, 0.2) is 5.82 Å². The van der Waals surface area contributed by atoms with Gasteiger partial charge in [0.05, 0.1) is 5.56 Å². The van der Waals surface area contributed by atoms with Gasteiger partial charge in [-0.3, -0.25) is 4.79 Å². The molecular formula is C25H30F2N8O2. The lowest BCUT2D eigenvalue weighted by atomic mass is 9.94. The lowest BCUT2D eigenvalue weighted by molar-refractivity contribution is 0.0930. The van der Waals surface area contributed by atoms with Crippen LogP contribution >= 0.6 is 0 Å². The van der Waals surface area contributed by atoms with Gasteiger partial charge in [-0.2, -0.15) is 4.98 Å². The van der Waals surface area contributed by atoms with Crippen molar-refractivity contribution < 1.29 is 18.1 Å². The van der Waals surface area contributed by atoms with Crippen LogP contribution in [0.5, 0.6) is 0 Å². The molecule has 5 rings (SSSR count). The van der Waals surface area contributed by atoms with Gasteiger partial charge in [0.2, 0.25) is 5.95 Å². The largest absolute Gasteiger partial charge is 0.349 e. The van der Waals surface area contributed by atoms with Crippen molar-refractivity contribution >= 4 is 17.9 Å². The standard InChI is InChI=1S/C25H30F2N8O2/c1-14(2)22-32-25(37-33-22)34-7-5-17(6-8-34)31-23(36)15-10-29-24(30-11-15)35-12-19(21(28)13-35)18-9-16(26)3-4-20(18)27/h3-4,9-11,14,17,19,21H,5-8,12-13,28H2,1-2H3,(H,31,36)/t19-,21+/m1/s1. The van der Waals surface area contributed by atoms with Crippen LogP contribution in [-0.4, -0.2) is 64.3 Å². The Hall–Kier alpha value is -3.67. The smallest absolute Gasteiger partial charge is 0.324 e. The summed E-state index contributed by atoms with van der Waals surface area (Å²) in [6, 6.07) is 3.51. The Morgan fingerprint density at radius 1 is 1.14 bits per heavy atom. The summed E-state index contributed by atoms with van der Waals surface area (Å²) in [7, 11) is 0. The molecule has 0 aliphatic carbocycles. The summed E-state index contributed by atoms with van der Waals surface area (Å²) < 4.78 is 33.3. The number of halogens is 2. The number of hydrogen-bond donors (Lipinski definition) is 2. The highest BCUT2D eigenvalue weighted by molar-refractivity contribution is 5.93. The lowest BCUT2D eigenvalue weighted by Gasteiger charge is -2.30. The van der Waals surface area contributed by atoms with E-state index >= 15 is 0 Å². The normalized spacial score (nSPS) is 20.6. The molecule has 196 valence electrons. The van der Waals surface area contributed by atoms with Crippen LogP contribution in [0.2, 0.25) is 0 Å². The molecule has 0 radical (unpaired) electrons. The van der Waals surface area contributed by atoms with E-state index in [1.165, 1.54) is 18.5 Å². The summed E-state index contributed by atoms with van der Waals surface area (Å²) in [5, 5.41) is 7.05. The van der Waals surface area contributed by atoms with Crippen LogP contribution in [0.3, 0.4) is 0 Å². The molecule has 0 bridgehead atoms. The van der Waals surface area contributed by atoms with Crippen LogP contribution in [0.15, 0.2) is 35.1 Å². The maximum absolute atomic E-state index is 14.3. The Balaban J connectivity index is 1.15. The van der Waals surface area contributed by atoms with Crippen molar-refractivity contribution in [2.75, 3.05) is 36.0 Å². The number of piperidine rings is 1. The number of aromatic nitrogens is 4. The number of rotatable bonds is 6. The topological polar surface area (TPSA) is 126 Å². The van der Waals surface area contributed by atoms with E-state index in [0.717, 1.165) is 25.0 Å². The van der Waals surface area contributed by atoms with Gasteiger partial charge in [-0.15, -0.1) is 0 Å². The van der Waals surface area contributed by atoms with Crippen LogP contribution < -0.4 is 20.9 Å². The zero-order chi connectivity index (χ0) is 26.1. The third kappa shape index (κ3) is 5.38. The fraction of sp³-hybridized carbons (Fsp3) is 0.480. The fourth-order valence-electron chi connectivity index (χ4n) is 4.80. The Morgan fingerprint density at radius 2 is 1.86 bits per heavy atom. The van der Waals surface area contributed by atoms with E-state index in [1.54, 1.807) is 0 Å². The van der Waals surface area contributed by atoms with E-state index in [4.69, 9.17) is 10.3 Å². The van der Waals surface area contributed by atoms with Gasteiger partial charge < -0.3 is 25.4 Å². The number of carbonyl (C=O) groups is 1. The summed E-state index contributed by atoms with van der Waals surface area (Å²) in [6.07, 6.45) is 4.43. The second-order valence-corrected chi connectivity index (χ2v) is 9.94. The van der Waals surface area contributed by atoms with Gasteiger partial charge in [-0.05, 0) is 36.6 Å². The summed E-state index contributed by atoms with van der Waals surface area (Å²) in [5.74, 6) is -0.363. The number of nitrogens with one attached hydrogen (secondary N) is 1. The molecule has 0 spiro atoms. The Kier molecular flexibility index (Phi) is 7.00. The first-order valence-corrected chi connectivity index (χ1v) is 12.5. The first kappa shape index (κ1) is 25.0. The molecule has 4 heterocycles. The predicted molar refractivity (Wildman–Crippen MR) is 132 cm³/mol. The van der Waals surface area contributed by atoms with Crippen molar-refractivity contribution in [2.24, 2.45) is 5.73 Å². The molecule has 2 atom stereocenters. The van der Waals surface area contributed by atoms with Crippen LogP contribution in [-0.2, 0) is 0 Å². The third-order valence-electron chi connectivity index (χ3n) is 6.95. The molecule has 0 saturated carbocycles. The van der Waals surface area contributed by atoms with Crippen LogP contribution in [0.1, 0.15) is 60.3 Å². The average molecular weight is 513 g/mol. The highest BCUT2D eigenvalue weighted by Crippen LogP contribution is 2.30. The molecule has 2 aromatic heterocycles. The molecule has 12 heteroatoms. The average Bonchev–Trinajstić information content (AvgIpc) is 3.54. The van der Waals surface area contributed by atoms with Crippen LogP contribution in [0.25, 0.3) is 0 Å². The number of amides is 1. The van der Waals surface area contributed by atoms with Crippen molar-refractivity contribution in [1.82, 2.24) is 25.4 Å².